The molecule has 0 spiro atoms. The van der Waals surface area contributed by atoms with Gasteiger partial charge in [0.1, 0.15) is 6.04 Å². The fourth-order valence-corrected chi connectivity index (χ4v) is 3.82. The molecule has 0 saturated carbocycles. The van der Waals surface area contributed by atoms with Gasteiger partial charge in [-0.25, -0.2) is 13.1 Å². The first-order valence-corrected chi connectivity index (χ1v) is 9.09. The summed E-state index contributed by atoms with van der Waals surface area (Å²) < 4.78 is 65.2. The molecule has 24 heavy (non-hydrogen) atoms. The lowest BCUT2D eigenvalue weighted by Crippen LogP contribution is -2.53. The van der Waals surface area contributed by atoms with Gasteiger partial charge in [-0.1, -0.05) is 17.7 Å². The second kappa shape index (κ2) is 7.28. The van der Waals surface area contributed by atoms with Gasteiger partial charge >= 0.3 is 6.18 Å². The molecule has 1 unspecified atom stereocenters. The van der Waals surface area contributed by atoms with Gasteiger partial charge < -0.3 is 4.90 Å². The number of alkyl halides is 3. The number of halogens is 4. The number of amides is 1. The number of benzene rings is 1. The Kier molecular flexibility index (Phi) is 5.77. The Labute approximate surface area is 142 Å². The van der Waals surface area contributed by atoms with Gasteiger partial charge in [-0.15, -0.1) is 0 Å². The van der Waals surface area contributed by atoms with Crippen molar-refractivity contribution < 1.29 is 26.4 Å². The lowest BCUT2D eigenvalue weighted by Gasteiger charge is -2.36. The summed E-state index contributed by atoms with van der Waals surface area (Å²) in [4.78, 5) is 12.6. The molecule has 1 aliphatic rings. The molecule has 1 atom stereocenters. The zero-order chi connectivity index (χ0) is 18.0. The molecule has 1 N–H and O–H groups in total. The number of rotatable bonds is 4. The molecule has 1 aromatic rings. The van der Waals surface area contributed by atoms with E-state index in [2.05, 4.69) is 0 Å². The predicted octanol–water partition coefficient (Wildman–Crippen LogP) is 2.56. The molecule has 1 aliphatic heterocycles. The molecular formula is C14H16ClF3N2O3S. The van der Waals surface area contributed by atoms with Crippen LogP contribution in [-0.2, 0) is 14.8 Å². The maximum absolute atomic E-state index is 13.0. The molecule has 10 heteroatoms. The molecule has 0 aliphatic carbocycles. The first kappa shape index (κ1) is 19.0. The molecule has 0 aromatic heterocycles. The van der Waals surface area contributed by atoms with E-state index in [1.165, 1.54) is 24.3 Å². The van der Waals surface area contributed by atoms with Gasteiger partial charge in [0.05, 0.1) is 11.4 Å². The maximum Gasteiger partial charge on any atom is 0.408 e. The fourth-order valence-electron chi connectivity index (χ4n) is 2.55. The summed E-state index contributed by atoms with van der Waals surface area (Å²) in [5.41, 5.74) is 0. The van der Waals surface area contributed by atoms with E-state index in [1.54, 1.807) is 0 Å². The zero-order valence-electron chi connectivity index (χ0n) is 12.5. The van der Waals surface area contributed by atoms with Crippen molar-refractivity contribution in [3.63, 3.8) is 0 Å². The van der Waals surface area contributed by atoms with Gasteiger partial charge in [-0.3, -0.25) is 4.79 Å². The van der Waals surface area contributed by atoms with E-state index in [0.717, 1.165) is 0 Å². The standard InChI is InChI=1S/C14H16ClF3N2O3S/c15-10-4-3-5-11(8-10)24(22,23)19-9-13(21)20-7-2-1-6-12(20)14(16,17)18/h3-5,8,12,19H,1-2,6-7,9H2. The molecule has 1 aromatic carbocycles. The Balaban J connectivity index is 2.06. The minimum Gasteiger partial charge on any atom is -0.329 e. The quantitative estimate of drug-likeness (QED) is 0.867. The van der Waals surface area contributed by atoms with E-state index in [1.807, 2.05) is 4.72 Å². The summed E-state index contributed by atoms with van der Waals surface area (Å²) in [5.74, 6) is -0.900. The van der Waals surface area contributed by atoms with Gasteiger partial charge in [0.2, 0.25) is 15.9 Å². The number of hydrogen-bond donors (Lipinski definition) is 1. The number of carbonyl (C=O) groups excluding carboxylic acids is 1. The van der Waals surface area contributed by atoms with Crippen molar-refractivity contribution in [2.45, 2.75) is 36.4 Å². The highest BCUT2D eigenvalue weighted by molar-refractivity contribution is 7.89. The van der Waals surface area contributed by atoms with Crippen molar-refractivity contribution in [2.24, 2.45) is 0 Å². The molecule has 1 heterocycles. The third kappa shape index (κ3) is 4.61. The largest absolute Gasteiger partial charge is 0.408 e. The number of sulfonamides is 1. The van der Waals surface area contributed by atoms with Crippen LogP contribution >= 0.6 is 11.6 Å². The lowest BCUT2D eigenvalue weighted by atomic mass is 10.0. The Morgan fingerprint density at radius 1 is 1.33 bits per heavy atom. The maximum atomic E-state index is 13.0. The van der Waals surface area contributed by atoms with Crippen LogP contribution in [0.4, 0.5) is 13.2 Å². The third-order valence-corrected chi connectivity index (χ3v) is 5.35. The van der Waals surface area contributed by atoms with Crippen molar-refractivity contribution in [3.8, 4) is 0 Å². The van der Waals surface area contributed by atoms with E-state index in [4.69, 9.17) is 11.6 Å². The molecule has 0 bridgehead atoms. The van der Waals surface area contributed by atoms with Crippen molar-refractivity contribution in [1.29, 1.82) is 0 Å². The van der Waals surface area contributed by atoms with E-state index >= 15 is 0 Å². The zero-order valence-corrected chi connectivity index (χ0v) is 14.1. The van der Waals surface area contributed by atoms with Crippen LogP contribution in [0.15, 0.2) is 29.2 Å². The number of nitrogens with zero attached hydrogens (tertiary/aromatic N) is 1. The summed E-state index contributed by atoms with van der Waals surface area (Å²) in [6.07, 6.45) is -3.86. The number of carbonyl (C=O) groups is 1. The Hall–Kier alpha value is -1.32. The smallest absolute Gasteiger partial charge is 0.329 e. The molecule has 134 valence electrons. The molecule has 0 radical (unpaired) electrons. The Bertz CT molecular complexity index is 709. The van der Waals surface area contributed by atoms with Crippen LogP contribution in [0, 0.1) is 0 Å². The highest BCUT2D eigenvalue weighted by Gasteiger charge is 2.46. The van der Waals surface area contributed by atoms with E-state index in [0.29, 0.717) is 17.7 Å². The van der Waals surface area contributed by atoms with Gasteiger partial charge in [-0.05, 0) is 37.5 Å². The van der Waals surface area contributed by atoms with E-state index in [9.17, 15) is 26.4 Å². The minimum atomic E-state index is -4.53. The highest BCUT2D eigenvalue weighted by Crippen LogP contribution is 2.31. The number of hydrogen-bond acceptors (Lipinski definition) is 3. The van der Waals surface area contributed by atoms with Crippen molar-refractivity contribution in [3.05, 3.63) is 29.3 Å². The number of likely N-dealkylation sites (tertiary alicyclic amines) is 1. The second-order valence-corrected chi connectivity index (χ2v) is 7.63. The molecule has 1 fully saturated rings. The number of nitrogens with one attached hydrogen (secondary N) is 1. The van der Waals surface area contributed by atoms with Gasteiger partial charge in [0.15, 0.2) is 0 Å². The molecule has 2 rings (SSSR count). The summed E-state index contributed by atoms with van der Waals surface area (Å²) in [6, 6.07) is 3.50. The normalized spacial score (nSPS) is 19.3. The summed E-state index contributed by atoms with van der Waals surface area (Å²) in [7, 11) is -4.03. The number of piperidine rings is 1. The van der Waals surface area contributed by atoms with Crippen LogP contribution in [0.2, 0.25) is 5.02 Å². The van der Waals surface area contributed by atoms with Gasteiger partial charge in [0, 0.05) is 11.6 Å². The van der Waals surface area contributed by atoms with Crippen LogP contribution < -0.4 is 4.72 Å². The molecule has 1 saturated heterocycles. The molecule has 5 nitrogen and oxygen atoms in total. The lowest BCUT2D eigenvalue weighted by molar-refractivity contribution is -0.195. The molecule has 1 amide bonds. The average Bonchev–Trinajstić information content (AvgIpc) is 2.52. The molecular weight excluding hydrogens is 369 g/mol. The first-order chi connectivity index (χ1) is 11.1. The van der Waals surface area contributed by atoms with Crippen molar-refractivity contribution in [2.75, 3.05) is 13.1 Å². The van der Waals surface area contributed by atoms with Crippen molar-refractivity contribution in [1.82, 2.24) is 9.62 Å². The van der Waals surface area contributed by atoms with Gasteiger partial charge in [-0.2, -0.15) is 13.2 Å². The van der Waals surface area contributed by atoms with Gasteiger partial charge in [0.25, 0.3) is 0 Å². The summed E-state index contributed by atoms with van der Waals surface area (Å²) in [5, 5.41) is 0.192. The predicted molar refractivity (Wildman–Crippen MR) is 82.0 cm³/mol. The topological polar surface area (TPSA) is 66.5 Å². The van der Waals surface area contributed by atoms with Crippen LogP contribution in [-0.4, -0.2) is 44.5 Å². The monoisotopic (exact) mass is 384 g/mol. The first-order valence-electron chi connectivity index (χ1n) is 7.23. The van der Waals surface area contributed by atoms with Crippen LogP contribution in [0.25, 0.3) is 0 Å². The van der Waals surface area contributed by atoms with E-state index in [-0.39, 0.29) is 22.9 Å². The van der Waals surface area contributed by atoms with Crippen LogP contribution in [0.3, 0.4) is 0 Å². The third-order valence-electron chi connectivity index (χ3n) is 3.72. The van der Waals surface area contributed by atoms with Crippen LogP contribution in [0.5, 0.6) is 0 Å². The average molecular weight is 385 g/mol. The Morgan fingerprint density at radius 2 is 2.04 bits per heavy atom. The van der Waals surface area contributed by atoms with E-state index < -0.39 is 34.7 Å². The highest BCUT2D eigenvalue weighted by atomic mass is 35.5. The fraction of sp³-hybridized carbons (Fsp3) is 0.500. The van der Waals surface area contributed by atoms with Crippen LogP contribution in [0.1, 0.15) is 19.3 Å². The van der Waals surface area contributed by atoms with Crippen molar-refractivity contribution >= 4 is 27.5 Å². The SMILES string of the molecule is O=C(CNS(=O)(=O)c1cccc(Cl)c1)N1CCCCC1C(F)(F)F. The summed E-state index contributed by atoms with van der Waals surface area (Å²) >= 11 is 5.71. The minimum absolute atomic E-state index is 0.0398. The Morgan fingerprint density at radius 3 is 2.67 bits per heavy atom. The summed E-state index contributed by atoms with van der Waals surface area (Å²) in [6.45, 7) is -0.774. The second-order valence-electron chi connectivity index (χ2n) is 5.42.